The van der Waals surface area contributed by atoms with E-state index >= 15 is 0 Å². The molecular formula is C15H21N3OS. The first-order chi connectivity index (χ1) is 9.74. The highest BCUT2D eigenvalue weighted by molar-refractivity contribution is 7.22. The molecule has 2 aromatic rings. The molecule has 0 amide bonds. The second kappa shape index (κ2) is 6.08. The summed E-state index contributed by atoms with van der Waals surface area (Å²) in [5.74, 6) is 0. The zero-order valence-corrected chi connectivity index (χ0v) is 12.7. The molecule has 1 fully saturated rings. The molecule has 1 aliphatic heterocycles. The largest absolute Gasteiger partial charge is 0.378 e. The maximum atomic E-state index is 5.75. The lowest BCUT2D eigenvalue weighted by Crippen LogP contribution is -2.36. The number of aromatic nitrogens is 1. The maximum absolute atomic E-state index is 5.75. The number of nitrogens with zero attached hydrogens (tertiary/aromatic N) is 2. The Morgan fingerprint density at radius 1 is 1.40 bits per heavy atom. The molecule has 1 aromatic heterocycles. The fourth-order valence-corrected chi connectivity index (χ4v) is 3.61. The van der Waals surface area contributed by atoms with Crippen molar-refractivity contribution in [3.8, 4) is 0 Å². The van der Waals surface area contributed by atoms with Crippen molar-refractivity contribution in [2.75, 3.05) is 25.4 Å². The third-order valence-corrected chi connectivity index (χ3v) is 4.66. The lowest BCUT2D eigenvalue weighted by atomic mass is 10.1. The van der Waals surface area contributed by atoms with Gasteiger partial charge in [-0.15, -0.1) is 0 Å². The van der Waals surface area contributed by atoms with Gasteiger partial charge in [-0.25, -0.2) is 4.98 Å². The first-order valence-electron chi connectivity index (χ1n) is 7.23. The van der Waals surface area contributed by atoms with Gasteiger partial charge in [0.2, 0.25) is 0 Å². The summed E-state index contributed by atoms with van der Waals surface area (Å²) >= 11 is 1.56. The van der Waals surface area contributed by atoms with Gasteiger partial charge < -0.3 is 10.5 Å². The van der Waals surface area contributed by atoms with Crippen molar-refractivity contribution in [3.05, 3.63) is 23.8 Å². The summed E-state index contributed by atoms with van der Waals surface area (Å²) in [6.45, 7) is 6.14. The van der Waals surface area contributed by atoms with Gasteiger partial charge in [0, 0.05) is 26.2 Å². The summed E-state index contributed by atoms with van der Waals surface area (Å²) in [6, 6.07) is 6.46. The first kappa shape index (κ1) is 13.8. The number of hydrogen-bond acceptors (Lipinski definition) is 5. The van der Waals surface area contributed by atoms with E-state index in [0.29, 0.717) is 11.2 Å². The van der Waals surface area contributed by atoms with Gasteiger partial charge >= 0.3 is 0 Å². The normalized spacial score (nSPS) is 17.9. The molecule has 2 heterocycles. The van der Waals surface area contributed by atoms with Crippen molar-refractivity contribution in [2.45, 2.75) is 32.4 Å². The summed E-state index contributed by atoms with van der Waals surface area (Å²) in [6.07, 6.45) is 2.74. The van der Waals surface area contributed by atoms with Crippen LogP contribution in [0.15, 0.2) is 18.2 Å². The van der Waals surface area contributed by atoms with Crippen molar-refractivity contribution < 1.29 is 4.74 Å². The first-order valence-corrected chi connectivity index (χ1v) is 8.05. The number of ether oxygens (including phenoxy) is 1. The summed E-state index contributed by atoms with van der Waals surface area (Å²) < 4.78 is 6.88. The van der Waals surface area contributed by atoms with Crippen LogP contribution in [0, 0.1) is 0 Å². The van der Waals surface area contributed by atoms with Crippen LogP contribution < -0.4 is 5.73 Å². The molecule has 2 N–H and O–H groups in total. The van der Waals surface area contributed by atoms with E-state index in [1.807, 2.05) is 0 Å². The number of anilines is 1. The number of nitrogen functional groups attached to an aromatic ring is 1. The van der Waals surface area contributed by atoms with Crippen LogP contribution in [0.5, 0.6) is 0 Å². The molecular weight excluding hydrogens is 270 g/mol. The highest BCUT2D eigenvalue weighted by Gasteiger charge is 2.19. The molecule has 108 valence electrons. The molecule has 0 atom stereocenters. The molecule has 0 bridgehead atoms. The molecule has 20 heavy (non-hydrogen) atoms. The third kappa shape index (κ3) is 3.11. The molecule has 3 rings (SSSR count). The average Bonchev–Trinajstić information content (AvgIpc) is 2.81. The minimum absolute atomic E-state index is 0.458. The van der Waals surface area contributed by atoms with Crippen LogP contribution in [0.25, 0.3) is 10.2 Å². The quantitative estimate of drug-likeness (QED) is 0.941. The number of benzene rings is 1. The van der Waals surface area contributed by atoms with Gasteiger partial charge in [0.15, 0.2) is 5.13 Å². The van der Waals surface area contributed by atoms with E-state index in [0.717, 1.165) is 44.6 Å². The number of nitrogens with two attached hydrogens (primary N) is 1. The van der Waals surface area contributed by atoms with Crippen LogP contribution in [0.2, 0.25) is 0 Å². The minimum Gasteiger partial charge on any atom is -0.378 e. The lowest BCUT2D eigenvalue weighted by molar-refractivity contribution is 0.0125. The van der Waals surface area contributed by atoms with Crippen molar-refractivity contribution >= 4 is 26.7 Å². The van der Waals surface area contributed by atoms with E-state index in [4.69, 9.17) is 10.5 Å². The SMILES string of the molecule is CCOC1CCN(Cc2ccc3nc(N)sc3c2)CC1. The van der Waals surface area contributed by atoms with Gasteiger partial charge in [-0.1, -0.05) is 17.4 Å². The number of piperidine rings is 1. The zero-order valence-electron chi connectivity index (χ0n) is 11.8. The smallest absolute Gasteiger partial charge is 0.181 e. The summed E-state index contributed by atoms with van der Waals surface area (Å²) in [4.78, 5) is 6.80. The van der Waals surface area contributed by atoms with Crippen molar-refractivity contribution in [1.29, 1.82) is 0 Å². The zero-order chi connectivity index (χ0) is 13.9. The Labute approximate surface area is 123 Å². The van der Waals surface area contributed by atoms with Crippen molar-refractivity contribution in [3.63, 3.8) is 0 Å². The highest BCUT2D eigenvalue weighted by atomic mass is 32.1. The Balaban J connectivity index is 1.62. The van der Waals surface area contributed by atoms with Gasteiger partial charge in [-0.2, -0.15) is 0 Å². The molecule has 0 aliphatic carbocycles. The summed E-state index contributed by atoms with van der Waals surface area (Å²) in [7, 11) is 0. The number of likely N-dealkylation sites (tertiary alicyclic amines) is 1. The Morgan fingerprint density at radius 2 is 2.20 bits per heavy atom. The van der Waals surface area contributed by atoms with E-state index in [-0.39, 0.29) is 0 Å². The van der Waals surface area contributed by atoms with E-state index in [1.54, 1.807) is 11.3 Å². The number of thiazole rings is 1. The molecule has 1 aliphatic rings. The molecule has 0 radical (unpaired) electrons. The highest BCUT2D eigenvalue weighted by Crippen LogP contribution is 2.25. The van der Waals surface area contributed by atoms with Gasteiger partial charge in [-0.3, -0.25) is 4.90 Å². The molecule has 5 heteroatoms. The average molecular weight is 291 g/mol. The number of fused-ring (bicyclic) bond motifs is 1. The fourth-order valence-electron chi connectivity index (χ4n) is 2.81. The fraction of sp³-hybridized carbons (Fsp3) is 0.533. The molecule has 0 saturated carbocycles. The van der Waals surface area contributed by atoms with Crippen LogP contribution in [0.4, 0.5) is 5.13 Å². The van der Waals surface area contributed by atoms with E-state index < -0.39 is 0 Å². The standard InChI is InChI=1S/C15H21N3OS/c1-2-19-12-5-7-18(8-6-12)10-11-3-4-13-14(9-11)20-15(16)17-13/h3-4,9,12H,2,5-8,10H2,1H3,(H2,16,17). The second-order valence-corrected chi connectivity index (χ2v) is 6.35. The Morgan fingerprint density at radius 3 is 2.95 bits per heavy atom. The van der Waals surface area contributed by atoms with Crippen LogP contribution in [0.1, 0.15) is 25.3 Å². The number of hydrogen-bond donors (Lipinski definition) is 1. The van der Waals surface area contributed by atoms with Crippen molar-refractivity contribution in [2.24, 2.45) is 0 Å². The third-order valence-electron chi connectivity index (χ3n) is 3.81. The monoisotopic (exact) mass is 291 g/mol. The molecule has 0 unspecified atom stereocenters. The molecule has 0 spiro atoms. The Kier molecular flexibility index (Phi) is 4.19. The van der Waals surface area contributed by atoms with Crippen LogP contribution in [-0.2, 0) is 11.3 Å². The Hall–Kier alpha value is -1.17. The van der Waals surface area contributed by atoms with Gasteiger partial charge in [0.25, 0.3) is 0 Å². The van der Waals surface area contributed by atoms with Crippen LogP contribution >= 0.6 is 11.3 Å². The van der Waals surface area contributed by atoms with E-state index in [2.05, 4.69) is 35.0 Å². The molecule has 1 aromatic carbocycles. The maximum Gasteiger partial charge on any atom is 0.181 e. The minimum atomic E-state index is 0.458. The predicted octanol–water partition coefficient (Wildman–Crippen LogP) is 2.88. The van der Waals surface area contributed by atoms with Crippen LogP contribution in [0.3, 0.4) is 0 Å². The number of rotatable bonds is 4. The lowest BCUT2D eigenvalue weighted by Gasteiger charge is -2.31. The Bertz CT molecular complexity index is 576. The van der Waals surface area contributed by atoms with Gasteiger partial charge in [0.1, 0.15) is 0 Å². The van der Waals surface area contributed by atoms with Crippen LogP contribution in [-0.4, -0.2) is 35.7 Å². The molecule has 4 nitrogen and oxygen atoms in total. The molecule has 1 saturated heterocycles. The van der Waals surface area contributed by atoms with E-state index in [9.17, 15) is 0 Å². The predicted molar refractivity (Wildman–Crippen MR) is 84.0 cm³/mol. The topological polar surface area (TPSA) is 51.4 Å². The summed E-state index contributed by atoms with van der Waals surface area (Å²) in [5.41, 5.74) is 8.10. The van der Waals surface area contributed by atoms with E-state index in [1.165, 1.54) is 10.3 Å². The van der Waals surface area contributed by atoms with Gasteiger partial charge in [0.05, 0.1) is 16.3 Å². The van der Waals surface area contributed by atoms with Gasteiger partial charge in [-0.05, 0) is 37.5 Å². The second-order valence-electron chi connectivity index (χ2n) is 5.29. The summed E-state index contributed by atoms with van der Waals surface area (Å²) in [5, 5.41) is 0.648. The van der Waals surface area contributed by atoms with Crippen molar-refractivity contribution in [1.82, 2.24) is 9.88 Å².